The van der Waals surface area contributed by atoms with Crippen molar-refractivity contribution in [1.82, 2.24) is 0 Å². The smallest absolute Gasteiger partial charge is 0.338 e. The molecule has 0 radical (unpaired) electrons. The molecular formula is C15H28O3. The Morgan fingerprint density at radius 1 is 1.33 bits per heavy atom. The lowest BCUT2D eigenvalue weighted by Crippen LogP contribution is -2.36. The van der Waals surface area contributed by atoms with Gasteiger partial charge in [-0.15, -0.1) is 0 Å². The van der Waals surface area contributed by atoms with E-state index in [2.05, 4.69) is 19.9 Å². The van der Waals surface area contributed by atoms with Gasteiger partial charge in [0.05, 0.1) is 0 Å². The molecule has 0 saturated carbocycles. The number of carbonyl (C=O) groups excluding carboxylic acids is 1. The summed E-state index contributed by atoms with van der Waals surface area (Å²) in [5.74, 6) is -0.548. The minimum Gasteiger partial charge on any atom is -0.456 e. The number of hydrogen-bond acceptors (Lipinski definition) is 3. The van der Waals surface area contributed by atoms with Crippen molar-refractivity contribution in [3.8, 4) is 0 Å². The molecule has 3 heteroatoms. The Bertz CT molecular complexity index is 274. The van der Waals surface area contributed by atoms with Crippen LogP contribution in [0.3, 0.4) is 0 Å². The highest BCUT2D eigenvalue weighted by atomic mass is 16.6. The maximum Gasteiger partial charge on any atom is 0.338 e. The topological polar surface area (TPSA) is 46.5 Å². The number of aliphatic hydroxyl groups is 1. The summed E-state index contributed by atoms with van der Waals surface area (Å²) in [5.41, 5.74) is -0.346. The Morgan fingerprint density at radius 2 is 1.94 bits per heavy atom. The highest BCUT2D eigenvalue weighted by Gasteiger charge is 2.28. The third kappa shape index (κ3) is 6.80. The SMILES string of the molecule is CCC=C(C)C(CCCCC)OC(=O)C(C)(C)O. The zero-order valence-corrected chi connectivity index (χ0v) is 12.5. The molecule has 3 nitrogen and oxygen atoms in total. The van der Waals surface area contributed by atoms with Crippen LogP contribution in [0.5, 0.6) is 0 Å². The van der Waals surface area contributed by atoms with Crippen molar-refractivity contribution in [2.24, 2.45) is 0 Å². The average molecular weight is 256 g/mol. The zero-order chi connectivity index (χ0) is 14.2. The lowest BCUT2D eigenvalue weighted by atomic mass is 10.0. The summed E-state index contributed by atoms with van der Waals surface area (Å²) in [6.07, 6.45) is 6.95. The second kappa shape index (κ2) is 8.30. The van der Waals surface area contributed by atoms with Crippen LogP contribution in [0.4, 0.5) is 0 Å². The van der Waals surface area contributed by atoms with Gasteiger partial charge in [0, 0.05) is 0 Å². The van der Waals surface area contributed by atoms with Gasteiger partial charge in [-0.05, 0) is 45.6 Å². The summed E-state index contributed by atoms with van der Waals surface area (Å²) in [4.78, 5) is 11.7. The number of ether oxygens (including phenoxy) is 1. The Labute approximate surface area is 111 Å². The molecule has 18 heavy (non-hydrogen) atoms. The van der Waals surface area contributed by atoms with Gasteiger partial charge < -0.3 is 9.84 Å². The van der Waals surface area contributed by atoms with E-state index in [1.165, 1.54) is 13.8 Å². The van der Waals surface area contributed by atoms with Gasteiger partial charge in [-0.2, -0.15) is 0 Å². The van der Waals surface area contributed by atoms with Crippen molar-refractivity contribution >= 4 is 5.97 Å². The molecule has 0 aromatic rings. The maximum absolute atomic E-state index is 11.7. The van der Waals surface area contributed by atoms with Gasteiger partial charge in [-0.3, -0.25) is 0 Å². The predicted molar refractivity (Wildman–Crippen MR) is 74.4 cm³/mol. The summed E-state index contributed by atoms with van der Waals surface area (Å²) in [5, 5.41) is 9.62. The molecule has 0 rings (SSSR count). The van der Waals surface area contributed by atoms with Gasteiger partial charge in [0.25, 0.3) is 0 Å². The third-order valence-electron chi connectivity index (χ3n) is 2.85. The first kappa shape index (κ1) is 17.2. The van der Waals surface area contributed by atoms with Crippen molar-refractivity contribution in [1.29, 1.82) is 0 Å². The van der Waals surface area contributed by atoms with E-state index in [4.69, 9.17) is 4.74 Å². The van der Waals surface area contributed by atoms with Crippen LogP contribution in [0, 0.1) is 0 Å². The number of allylic oxidation sites excluding steroid dienone is 1. The first-order valence-electron chi connectivity index (χ1n) is 6.93. The van der Waals surface area contributed by atoms with Gasteiger partial charge >= 0.3 is 5.97 Å². The van der Waals surface area contributed by atoms with Gasteiger partial charge in [0.15, 0.2) is 5.60 Å². The lowest BCUT2D eigenvalue weighted by Gasteiger charge is -2.23. The second-order valence-corrected chi connectivity index (χ2v) is 5.31. The molecule has 1 unspecified atom stereocenters. The molecule has 0 aliphatic carbocycles. The van der Waals surface area contributed by atoms with Crippen LogP contribution >= 0.6 is 0 Å². The average Bonchev–Trinajstić information content (AvgIpc) is 2.26. The minimum absolute atomic E-state index is 0.199. The summed E-state index contributed by atoms with van der Waals surface area (Å²) in [6.45, 7) is 9.10. The summed E-state index contributed by atoms with van der Waals surface area (Å²) in [6, 6.07) is 0. The van der Waals surface area contributed by atoms with Crippen molar-refractivity contribution in [3.05, 3.63) is 11.6 Å². The summed E-state index contributed by atoms with van der Waals surface area (Å²) in [7, 11) is 0. The Kier molecular flexibility index (Phi) is 7.92. The molecule has 0 aromatic carbocycles. The Balaban J connectivity index is 4.57. The molecule has 0 bridgehead atoms. The van der Waals surface area contributed by atoms with E-state index in [-0.39, 0.29) is 6.10 Å². The number of hydrogen-bond donors (Lipinski definition) is 1. The Hall–Kier alpha value is -0.830. The Morgan fingerprint density at radius 3 is 2.39 bits per heavy atom. The number of unbranched alkanes of at least 4 members (excludes halogenated alkanes) is 2. The molecule has 1 N–H and O–H groups in total. The van der Waals surface area contributed by atoms with Crippen molar-refractivity contribution in [2.75, 3.05) is 0 Å². The molecule has 0 spiro atoms. The standard InChI is InChI=1S/C15H28O3/c1-6-8-9-11-13(12(3)10-7-2)18-14(16)15(4,5)17/h10,13,17H,6-9,11H2,1-5H3. The quantitative estimate of drug-likeness (QED) is 0.410. The highest BCUT2D eigenvalue weighted by Crippen LogP contribution is 2.18. The predicted octanol–water partition coefficient (Wildman–Crippen LogP) is 3.61. The second-order valence-electron chi connectivity index (χ2n) is 5.31. The van der Waals surface area contributed by atoms with Gasteiger partial charge in [0.2, 0.25) is 0 Å². The highest BCUT2D eigenvalue weighted by molar-refractivity contribution is 5.78. The van der Waals surface area contributed by atoms with Crippen LogP contribution in [-0.2, 0) is 9.53 Å². The minimum atomic E-state index is -1.42. The van der Waals surface area contributed by atoms with E-state index < -0.39 is 11.6 Å². The van der Waals surface area contributed by atoms with Crippen LogP contribution in [0.25, 0.3) is 0 Å². The maximum atomic E-state index is 11.7. The molecule has 0 fully saturated rings. The third-order valence-corrected chi connectivity index (χ3v) is 2.85. The fourth-order valence-corrected chi connectivity index (χ4v) is 1.69. The van der Waals surface area contributed by atoms with E-state index in [1.807, 2.05) is 6.92 Å². The first-order chi connectivity index (χ1) is 8.32. The molecule has 0 heterocycles. The molecule has 0 aromatic heterocycles. The molecule has 0 aliphatic heterocycles. The largest absolute Gasteiger partial charge is 0.456 e. The van der Waals surface area contributed by atoms with Crippen LogP contribution < -0.4 is 0 Å². The number of rotatable bonds is 8. The molecule has 0 saturated heterocycles. The van der Waals surface area contributed by atoms with Crippen LogP contribution in [0.2, 0.25) is 0 Å². The fraction of sp³-hybridized carbons (Fsp3) is 0.800. The molecular weight excluding hydrogens is 228 g/mol. The van der Waals surface area contributed by atoms with Crippen LogP contribution in [0.1, 0.15) is 66.7 Å². The zero-order valence-electron chi connectivity index (χ0n) is 12.5. The summed E-state index contributed by atoms with van der Waals surface area (Å²) >= 11 is 0. The van der Waals surface area contributed by atoms with Crippen molar-refractivity contribution in [3.63, 3.8) is 0 Å². The van der Waals surface area contributed by atoms with Gasteiger partial charge in [-0.1, -0.05) is 32.8 Å². The van der Waals surface area contributed by atoms with Crippen molar-refractivity contribution in [2.45, 2.75) is 78.4 Å². The number of carbonyl (C=O) groups is 1. The van der Waals surface area contributed by atoms with E-state index in [9.17, 15) is 9.90 Å². The van der Waals surface area contributed by atoms with Crippen LogP contribution in [0.15, 0.2) is 11.6 Å². The van der Waals surface area contributed by atoms with Gasteiger partial charge in [0.1, 0.15) is 6.10 Å². The van der Waals surface area contributed by atoms with E-state index in [1.54, 1.807) is 0 Å². The number of esters is 1. The van der Waals surface area contributed by atoms with E-state index >= 15 is 0 Å². The fourth-order valence-electron chi connectivity index (χ4n) is 1.69. The van der Waals surface area contributed by atoms with Gasteiger partial charge in [-0.25, -0.2) is 4.79 Å². The molecule has 1 atom stereocenters. The van der Waals surface area contributed by atoms with E-state index in [0.29, 0.717) is 0 Å². The van der Waals surface area contributed by atoms with Crippen LogP contribution in [-0.4, -0.2) is 22.8 Å². The normalized spacial score (nSPS) is 14.4. The molecule has 0 amide bonds. The summed E-state index contributed by atoms with van der Waals surface area (Å²) < 4.78 is 5.42. The molecule has 0 aliphatic rings. The van der Waals surface area contributed by atoms with E-state index in [0.717, 1.165) is 37.7 Å². The van der Waals surface area contributed by atoms with Crippen molar-refractivity contribution < 1.29 is 14.6 Å². The first-order valence-corrected chi connectivity index (χ1v) is 6.93. The molecule has 106 valence electrons. The lowest BCUT2D eigenvalue weighted by molar-refractivity contribution is -0.166. The monoisotopic (exact) mass is 256 g/mol.